The molecule has 0 aliphatic heterocycles. The molecule has 0 unspecified atom stereocenters. The van der Waals surface area contributed by atoms with Crippen molar-refractivity contribution in [1.29, 1.82) is 0 Å². The quantitative estimate of drug-likeness (QED) is 0.735. The van der Waals surface area contributed by atoms with Gasteiger partial charge in [-0.3, -0.25) is 4.68 Å². The molecule has 0 aliphatic carbocycles. The Morgan fingerprint density at radius 2 is 2.14 bits per heavy atom. The zero-order valence-electron chi connectivity index (χ0n) is 14.3. The van der Waals surface area contributed by atoms with E-state index in [1.54, 1.807) is 16.7 Å². The smallest absolute Gasteiger partial charge is 0.410 e. The lowest BCUT2D eigenvalue weighted by molar-refractivity contribution is 0.0204. The van der Waals surface area contributed by atoms with Crippen molar-refractivity contribution in [3.63, 3.8) is 0 Å². The van der Waals surface area contributed by atoms with Crippen LogP contribution < -0.4 is 5.32 Å². The predicted molar refractivity (Wildman–Crippen MR) is 84.6 cm³/mol. The zero-order valence-corrected chi connectivity index (χ0v) is 14.3. The van der Waals surface area contributed by atoms with Gasteiger partial charge in [0.1, 0.15) is 5.60 Å². The summed E-state index contributed by atoms with van der Waals surface area (Å²) in [5, 5.41) is 7.41. The van der Waals surface area contributed by atoms with Crippen molar-refractivity contribution in [2.24, 2.45) is 7.05 Å². The topological polar surface area (TPSA) is 68.6 Å². The number of carbonyl (C=O) groups excluding carboxylic acids is 1. The van der Waals surface area contributed by atoms with E-state index in [-0.39, 0.29) is 6.09 Å². The molecule has 1 N–H and O–H groups in total. The lowest BCUT2D eigenvalue weighted by atomic mass is 10.2. The van der Waals surface area contributed by atoms with Gasteiger partial charge >= 0.3 is 6.09 Å². The van der Waals surface area contributed by atoms with Crippen LogP contribution in [0.25, 0.3) is 0 Å². The lowest BCUT2D eigenvalue weighted by Gasteiger charge is -2.27. The van der Waals surface area contributed by atoms with Crippen LogP contribution in [0.1, 0.15) is 26.3 Å². The minimum absolute atomic E-state index is 0.312. The molecule has 7 nitrogen and oxygen atoms in total. The summed E-state index contributed by atoms with van der Waals surface area (Å²) >= 11 is 0. The van der Waals surface area contributed by atoms with Gasteiger partial charge in [-0.15, -0.1) is 0 Å². The fourth-order valence-electron chi connectivity index (χ4n) is 1.83. The van der Waals surface area contributed by atoms with Crippen LogP contribution in [0.15, 0.2) is 12.4 Å². The Labute approximate surface area is 132 Å². The van der Waals surface area contributed by atoms with Crippen molar-refractivity contribution < 1.29 is 14.3 Å². The summed E-state index contributed by atoms with van der Waals surface area (Å²) < 4.78 is 12.2. The Kier molecular flexibility index (Phi) is 7.34. The number of rotatable bonds is 8. The van der Waals surface area contributed by atoms with E-state index in [0.717, 1.165) is 12.1 Å². The van der Waals surface area contributed by atoms with E-state index in [4.69, 9.17) is 9.47 Å². The first-order valence-electron chi connectivity index (χ1n) is 7.47. The van der Waals surface area contributed by atoms with E-state index < -0.39 is 5.60 Å². The van der Waals surface area contributed by atoms with Gasteiger partial charge in [-0.2, -0.15) is 5.10 Å². The number of nitrogens with one attached hydrogen (secondary N) is 1. The third-order valence-corrected chi connectivity index (χ3v) is 2.86. The van der Waals surface area contributed by atoms with E-state index in [1.807, 2.05) is 40.2 Å². The molecule has 1 aromatic rings. The highest BCUT2D eigenvalue weighted by atomic mass is 16.6. The summed E-state index contributed by atoms with van der Waals surface area (Å²) in [5.74, 6) is 0. The number of methoxy groups -OCH3 is 1. The number of aromatic nitrogens is 2. The fraction of sp³-hybridized carbons (Fsp3) is 0.733. The number of carbonyl (C=O) groups is 1. The minimum atomic E-state index is -0.495. The van der Waals surface area contributed by atoms with Crippen molar-refractivity contribution in [1.82, 2.24) is 20.0 Å². The number of amides is 1. The first kappa shape index (κ1) is 18.4. The predicted octanol–water partition coefficient (Wildman–Crippen LogP) is 1.39. The van der Waals surface area contributed by atoms with Crippen molar-refractivity contribution in [2.75, 3.05) is 33.4 Å². The molecular weight excluding hydrogens is 284 g/mol. The SMILES string of the molecule is COCCN(CCNCc1cnn(C)c1)C(=O)OC(C)(C)C. The molecule has 1 amide bonds. The second kappa shape index (κ2) is 8.75. The molecule has 0 saturated carbocycles. The van der Waals surface area contributed by atoms with Crippen LogP contribution in [0.5, 0.6) is 0 Å². The average molecular weight is 312 g/mol. The Balaban J connectivity index is 2.38. The van der Waals surface area contributed by atoms with Gasteiger partial charge in [-0.05, 0) is 20.8 Å². The second-order valence-corrected chi connectivity index (χ2v) is 6.16. The Hall–Kier alpha value is -1.60. The molecule has 1 aromatic heterocycles. The number of ether oxygens (including phenoxy) is 2. The summed E-state index contributed by atoms with van der Waals surface area (Å²) in [5.41, 5.74) is 0.620. The molecule has 0 spiro atoms. The van der Waals surface area contributed by atoms with Crippen LogP contribution in [-0.4, -0.2) is 59.7 Å². The molecule has 7 heteroatoms. The molecule has 0 radical (unpaired) electrons. The van der Waals surface area contributed by atoms with E-state index in [9.17, 15) is 4.79 Å². The largest absolute Gasteiger partial charge is 0.444 e. The summed E-state index contributed by atoms with van der Waals surface area (Å²) in [6.07, 6.45) is 3.47. The molecule has 0 aromatic carbocycles. The summed E-state index contributed by atoms with van der Waals surface area (Å²) in [4.78, 5) is 13.8. The van der Waals surface area contributed by atoms with Gasteiger partial charge in [-0.1, -0.05) is 0 Å². The number of aryl methyl sites for hydroxylation is 1. The van der Waals surface area contributed by atoms with Crippen LogP contribution in [0.2, 0.25) is 0 Å². The standard InChI is InChI=1S/C15H28N4O3/c1-15(2,3)22-14(20)19(8-9-21-5)7-6-16-10-13-11-17-18(4)12-13/h11-12,16H,6-10H2,1-5H3. The Morgan fingerprint density at radius 3 is 2.68 bits per heavy atom. The van der Waals surface area contributed by atoms with Crippen LogP contribution in [-0.2, 0) is 23.1 Å². The summed E-state index contributed by atoms with van der Waals surface area (Å²) in [7, 11) is 3.51. The van der Waals surface area contributed by atoms with Crippen molar-refractivity contribution in [3.8, 4) is 0 Å². The third-order valence-electron chi connectivity index (χ3n) is 2.86. The van der Waals surface area contributed by atoms with E-state index in [0.29, 0.717) is 26.2 Å². The molecule has 0 atom stereocenters. The van der Waals surface area contributed by atoms with E-state index >= 15 is 0 Å². The first-order chi connectivity index (χ1) is 10.3. The summed E-state index contributed by atoms with van der Waals surface area (Å²) in [6, 6.07) is 0. The van der Waals surface area contributed by atoms with Crippen LogP contribution in [0.3, 0.4) is 0 Å². The maximum atomic E-state index is 12.1. The molecule has 126 valence electrons. The van der Waals surface area contributed by atoms with E-state index in [2.05, 4.69) is 10.4 Å². The maximum Gasteiger partial charge on any atom is 0.410 e. The van der Waals surface area contributed by atoms with Gasteiger partial charge in [0.15, 0.2) is 0 Å². The van der Waals surface area contributed by atoms with Gasteiger partial charge in [0.2, 0.25) is 0 Å². The zero-order chi connectivity index (χ0) is 16.6. The van der Waals surface area contributed by atoms with Gasteiger partial charge in [0, 0.05) is 52.1 Å². The van der Waals surface area contributed by atoms with Crippen LogP contribution in [0.4, 0.5) is 4.79 Å². The van der Waals surface area contributed by atoms with E-state index in [1.165, 1.54) is 0 Å². The number of hydrogen-bond acceptors (Lipinski definition) is 5. The molecule has 0 aliphatic rings. The molecule has 0 fully saturated rings. The molecule has 0 bridgehead atoms. The van der Waals surface area contributed by atoms with Crippen LogP contribution in [0, 0.1) is 0 Å². The second-order valence-electron chi connectivity index (χ2n) is 6.16. The third kappa shape index (κ3) is 7.42. The molecule has 22 heavy (non-hydrogen) atoms. The highest BCUT2D eigenvalue weighted by molar-refractivity contribution is 5.68. The van der Waals surface area contributed by atoms with Gasteiger partial charge < -0.3 is 19.7 Å². The van der Waals surface area contributed by atoms with Gasteiger partial charge in [0.25, 0.3) is 0 Å². The number of hydrogen-bond donors (Lipinski definition) is 1. The fourth-order valence-corrected chi connectivity index (χ4v) is 1.83. The maximum absolute atomic E-state index is 12.1. The average Bonchev–Trinajstić information content (AvgIpc) is 2.81. The molecule has 0 saturated heterocycles. The highest BCUT2D eigenvalue weighted by Crippen LogP contribution is 2.09. The van der Waals surface area contributed by atoms with Gasteiger partial charge in [0.05, 0.1) is 12.8 Å². The Bertz CT molecular complexity index is 454. The molecule has 1 heterocycles. The van der Waals surface area contributed by atoms with Crippen molar-refractivity contribution in [3.05, 3.63) is 18.0 Å². The minimum Gasteiger partial charge on any atom is -0.444 e. The summed E-state index contributed by atoms with van der Waals surface area (Å²) in [6.45, 7) is 8.55. The monoisotopic (exact) mass is 312 g/mol. The van der Waals surface area contributed by atoms with Gasteiger partial charge in [-0.25, -0.2) is 4.79 Å². The Morgan fingerprint density at radius 1 is 1.41 bits per heavy atom. The first-order valence-corrected chi connectivity index (χ1v) is 7.47. The normalized spacial score (nSPS) is 11.5. The van der Waals surface area contributed by atoms with Crippen LogP contribution >= 0.6 is 0 Å². The number of nitrogens with zero attached hydrogens (tertiary/aromatic N) is 3. The molecule has 1 rings (SSSR count). The highest BCUT2D eigenvalue weighted by Gasteiger charge is 2.21. The molecular formula is C15H28N4O3. The van der Waals surface area contributed by atoms with Crippen molar-refractivity contribution in [2.45, 2.75) is 32.9 Å². The van der Waals surface area contributed by atoms with Crippen molar-refractivity contribution >= 4 is 6.09 Å². The lowest BCUT2D eigenvalue weighted by Crippen LogP contribution is -2.42.